The van der Waals surface area contributed by atoms with E-state index in [0.717, 1.165) is 183 Å². The number of carbonyl (C=O) groups is 11. The molecule has 0 aromatic heterocycles. The van der Waals surface area contributed by atoms with E-state index >= 15 is 33.6 Å². The summed E-state index contributed by atoms with van der Waals surface area (Å²) in [5.41, 5.74) is 27.4. The van der Waals surface area contributed by atoms with Crippen molar-refractivity contribution in [1.82, 2.24) is 54.3 Å². The highest BCUT2D eigenvalue weighted by molar-refractivity contribution is 5.95. The summed E-state index contributed by atoms with van der Waals surface area (Å²) < 4.78 is 0. The van der Waals surface area contributed by atoms with Gasteiger partial charge >= 0.3 is 0 Å². The molecule has 26 heteroatoms. The van der Waals surface area contributed by atoms with E-state index in [0.29, 0.717) is 77.4 Å². The average Bonchev–Trinajstić information content (AvgIpc) is 0.848. The summed E-state index contributed by atoms with van der Waals surface area (Å²) in [7, 11) is 0. The molecule has 26 nitrogen and oxygen atoms in total. The van der Waals surface area contributed by atoms with Gasteiger partial charge in [-0.25, -0.2) is 0 Å². The fourth-order valence-electron chi connectivity index (χ4n) is 15.7. The maximum atomic E-state index is 15.7. The lowest BCUT2D eigenvalue weighted by Crippen LogP contribution is -2.54. The molecule has 0 spiro atoms. The van der Waals surface area contributed by atoms with E-state index in [4.69, 9.17) is 22.9 Å². The fraction of sp³-hybridized carbons (Fsp3) is 0.653. The Labute approximate surface area is 763 Å². The van der Waals surface area contributed by atoms with E-state index in [9.17, 15) is 19.2 Å². The minimum absolute atomic E-state index is 0.0233. The second-order valence-electron chi connectivity index (χ2n) is 34.4. The molecule has 4 rings (SSSR count). The van der Waals surface area contributed by atoms with Crippen LogP contribution in [0.15, 0.2) is 121 Å². The van der Waals surface area contributed by atoms with E-state index in [1.807, 2.05) is 121 Å². The van der Waals surface area contributed by atoms with Crippen LogP contribution in [0.3, 0.4) is 0 Å². The Morgan fingerprint density at radius 3 is 0.614 bits per heavy atom. The number of nitrogens with one attached hydrogen (secondary N) is 1. The van der Waals surface area contributed by atoms with Crippen LogP contribution >= 0.6 is 0 Å². The summed E-state index contributed by atoms with van der Waals surface area (Å²) in [4.78, 5) is 178. The third-order valence-electron chi connectivity index (χ3n) is 23.6. The zero-order chi connectivity index (χ0) is 92.1. The van der Waals surface area contributed by atoms with Crippen LogP contribution in [0.1, 0.15) is 262 Å². The summed E-state index contributed by atoms with van der Waals surface area (Å²) in [6.45, 7) is 6.76. The van der Waals surface area contributed by atoms with Crippen molar-refractivity contribution in [2.24, 2.45) is 22.9 Å². The van der Waals surface area contributed by atoms with Crippen LogP contribution in [0.4, 0.5) is 0 Å². The zero-order valence-electron chi connectivity index (χ0n) is 78.7. The molecule has 0 atom stereocenters. The molecule has 0 saturated carbocycles. The van der Waals surface area contributed by atoms with E-state index < -0.39 is 85.9 Å². The maximum Gasteiger partial charge on any atom is 0.242 e. The van der Waals surface area contributed by atoms with Gasteiger partial charge in [0.1, 0.15) is 0 Å². The lowest BCUT2D eigenvalue weighted by molar-refractivity contribution is -0.149. The van der Waals surface area contributed by atoms with Crippen molar-refractivity contribution in [3.63, 3.8) is 0 Å². The van der Waals surface area contributed by atoms with E-state index in [-0.39, 0.29) is 123 Å². The van der Waals surface area contributed by atoms with Crippen molar-refractivity contribution < 1.29 is 52.7 Å². The third kappa shape index (κ3) is 50.4. The second-order valence-corrected chi connectivity index (χ2v) is 34.4. The molecule has 0 aliphatic rings. The molecule has 0 saturated heterocycles. The molecule has 9 N–H and O–H groups in total. The predicted octanol–water partition coefficient (Wildman–Crippen LogP) is 12.1. The quantitative estimate of drug-likeness (QED) is 0.0257. The van der Waals surface area contributed by atoms with Crippen molar-refractivity contribution in [3.05, 3.63) is 144 Å². The van der Waals surface area contributed by atoms with Crippen molar-refractivity contribution in [2.45, 2.75) is 265 Å². The topological polar surface area (TPSA) is 336 Å². The van der Waals surface area contributed by atoms with Gasteiger partial charge in [-0.2, -0.15) is 0 Å². The number of primary amides is 1. The minimum Gasteiger partial charge on any atom is -0.368 e. The first-order valence-corrected chi connectivity index (χ1v) is 48.8. The summed E-state index contributed by atoms with van der Waals surface area (Å²) in [5.74, 6) is -5.52. The van der Waals surface area contributed by atoms with Crippen LogP contribution in [0.2, 0.25) is 0 Å². The van der Waals surface area contributed by atoms with Gasteiger partial charge in [-0.1, -0.05) is 329 Å². The number of carbonyl (C=O) groups excluding carboxylic acids is 11. The van der Waals surface area contributed by atoms with Crippen LogP contribution in [-0.4, -0.2) is 278 Å². The fourth-order valence-corrected chi connectivity index (χ4v) is 15.7. The number of benzene rings is 4. The van der Waals surface area contributed by atoms with E-state index in [2.05, 4.69) is 33.0 Å². The Morgan fingerprint density at radius 1 is 0.220 bits per heavy atom. The van der Waals surface area contributed by atoms with Gasteiger partial charge in [0.05, 0.1) is 72.0 Å². The van der Waals surface area contributed by atoms with Crippen molar-refractivity contribution in [1.29, 1.82) is 0 Å². The number of rotatable bonds is 77. The van der Waals surface area contributed by atoms with Gasteiger partial charge in [-0.3, -0.25) is 52.7 Å². The zero-order valence-corrected chi connectivity index (χ0v) is 78.7. The van der Waals surface area contributed by atoms with Gasteiger partial charge in [0.25, 0.3) is 0 Å². The molecule has 0 heterocycles. The minimum atomic E-state index is -0.639. The first-order valence-electron chi connectivity index (χ1n) is 48.8. The molecule has 4 aromatic carbocycles. The molecule has 710 valence electrons. The number of amides is 11. The Morgan fingerprint density at radius 2 is 0.409 bits per heavy atom. The summed E-state index contributed by atoms with van der Waals surface area (Å²) >= 11 is 0. The lowest BCUT2D eigenvalue weighted by Gasteiger charge is -2.33. The molecule has 0 aliphatic heterocycles. The van der Waals surface area contributed by atoms with Crippen molar-refractivity contribution in [3.8, 4) is 0 Å². The Balaban J connectivity index is 1.77. The van der Waals surface area contributed by atoms with Gasteiger partial charge in [-0.15, -0.1) is 0 Å². The largest absolute Gasteiger partial charge is 0.368 e. The van der Waals surface area contributed by atoms with Crippen LogP contribution in [0.5, 0.6) is 0 Å². The number of unbranched alkanes of at least 4 members (excludes halogenated alkanes) is 28. The van der Waals surface area contributed by atoms with Crippen LogP contribution < -0.4 is 28.3 Å². The Bertz CT molecular complexity index is 3640. The Hall–Kier alpha value is -9.11. The number of hydrogen-bond acceptors (Lipinski definition) is 15. The highest BCUT2D eigenvalue weighted by atomic mass is 16.2. The smallest absolute Gasteiger partial charge is 0.242 e. The molecule has 0 bridgehead atoms. The van der Waals surface area contributed by atoms with E-state index in [1.165, 1.54) is 58.5 Å². The number of nitrogens with two attached hydrogens (primary N) is 4. The molecule has 127 heavy (non-hydrogen) atoms. The van der Waals surface area contributed by atoms with E-state index in [1.54, 1.807) is 9.80 Å². The maximum absolute atomic E-state index is 15.7. The van der Waals surface area contributed by atoms with Gasteiger partial charge in [-0.05, 0) is 93.1 Å². The highest BCUT2D eigenvalue weighted by Crippen LogP contribution is 2.19. The first kappa shape index (κ1) is 110. The normalized spacial score (nSPS) is 11.1. The van der Waals surface area contributed by atoms with Crippen molar-refractivity contribution in [2.75, 3.05) is 164 Å². The molecule has 0 unspecified atom stereocenters. The first-order chi connectivity index (χ1) is 61.8. The number of nitrogens with zero attached hydrogens (tertiary/aromatic N) is 10. The highest BCUT2D eigenvalue weighted by Gasteiger charge is 2.33. The summed E-state index contributed by atoms with van der Waals surface area (Å²) in [6, 6.07) is 38.0. The van der Waals surface area contributed by atoms with Gasteiger partial charge in [0.2, 0.25) is 65.0 Å². The third-order valence-corrected chi connectivity index (χ3v) is 23.6. The molecule has 0 fully saturated rings. The van der Waals surface area contributed by atoms with Crippen LogP contribution in [0.25, 0.3) is 0 Å². The molecule has 11 amide bonds. The summed E-state index contributed by atoms with van der Waals surface area (Å²) in [6.07, 6.45) is 34.1. The molecular formula is C101H165N15O11. The van der Waals surface area contributed by atoms with Gasteiger partial charge < -0.3 is 77.3 Å². The molecular weight excluding hydrogens is 1600 g/mol. The summed E-state index contributed by atoms with van der Waals surface area (Å²) in [5, 5.41) is 3.08. The van der Waals surface area contributed by atoms with Gasteiger partial charge in [0, 0.05) is 78.5 Å². The molecule has 0 aliphatic carbocycles. The van der Waals surface area contributed by atoms with Crippen LogP contribution in [-0.2, 0) is 78.4 Å². The van der Waals surface area contributed by atoms with Gasteiger partial charge in [0.15, 0.2) is 0 Å². The molecule has 4 aromatic rings. The second kappa shape index (κ2) is 70.8. The standard InChI is InChI=1S/C101H165N15O11/c1-5-9-13-17-21-25-29-45-66-107(77-91(105)117)93(119)78-108(67-46-30-26-22-18-14-10-6-2)94(120)79-109(68-47-31-27-23-19-15-11-7-3)95(121)80-110(69-48-32-28-24-20-16-12-8-4)96(122)81-111(70-58-87-50-37-33-38-51-87)97(123)83-113(72-60-89-54-41-35-42-55-89)100(126)86-116(75-64-104)101(127)84-114(73-61-90-56-43-36-44-57-90)98(124)82-112(71-59-88-52-39-34-40-53-88)99(125)85-115(74-63-103)92(118)76-106-65-49-62-102/h33-44,50-57,106H,5-32,45-49,58-86,102-104H2,1-4H3,(H2,105,117). The molecule has 0 radical (unpaired) electrons. The average molecular weight is 1770 g/mol. The lowest BCUT2D eigenvalue weighted by atomic mass is 10.1. The number of hydrogen-bond donors (Lipinski definition) is 5. The predicted molar refractivity (Wildman–Crippen MR) is 511 cm³/mol. The monoisotopic (exact) mass is 1760 g/mol. The van der Waals surface area contributed by atoms with Crippen LogP contribution in [0, 0.1) is 0 Å². The Kier molecular flexibility index (Phi) is 61.5. The van der Waals surface area contributed by atoms with Crippen molar-refractivity contribution >= 4 is 65.0 Å². The SMILES string of the molecule is CCCCCCCCCCN(CC(N)=O)C(=O)CN(CCCCCCCCCC)C(=O)CN(CCCCCCCCCC)C(=O)CN(CCCCCCCCCC)C(=O)CN(CCc1ccccc1)C(=O)CN(CCc1ccccc1)C(=O)CN(CCN)C(=O)CN(CCc1ccccc1)C(=O)CN(CCc1ccccc1)C(=O)CN(CCN)C(=O)CNCCCN.